The van der Waals surface area contributed by atoms with Gasteiger partial charge in [0, 0.05) is 20.4 Å². The molecule has 0 aliphatic carbocycles. The first-order valence-electron chi connectivity index (χ1n) is 2.99. The number of rotatable bonds is 0. The van der Waals surface area contributed by atoms with Crippen molar-refractivity contribution in [3.63, 3.8) is 0 Å². The summed E-state index contributed by atoms with van der Waals surface area (Å²) in [5.41, 5.74) is 0.374. The molecule has 0 aliphatic heterocycles. The second-order valence-electron chi connectivity index (χ2n) is 2.01. The molecule has 1 rings (SSSR count). The second kappa shape index (κ2) is 5.23. The van der Waals surface area contributed by atoms with E-state index in [0.717, 1.165) is 0 Å². The Balaban J connectivity index is 0.00000144. The molecule has 0 amide bonds. The summed E-state index contributed by atoms with van der Waals surface area (Å²) in [6.07, 6.45) is 0. The summed E-state index contributed by atoms with van der Waals surface area (Å²) in [5.74, 6) is 0. The van der Waals surface area contributed by atoms with Crippen LogP contribution >= 0.6 is 23.2 Å². The van der Waals surface area contributed by atoms with Gasteiger partial charge in [-0.15, -0.1) is 0 Å². The summed E-state index contributed by atoms with van der Waals surface area (Å²) in [6.45, 7) is 0. The Morgan fingerprint density at radius 1 is 1.08 bits per heavy atom. The third kappa shape index (κ3) is 2.44. The summed E-state index contributed by atoms with van der Waals surface area (Å²) in [6, 6.07) is 6.62. The second-order valence-corrected chi connectivity index (χ2v) is 2.79. The molecule has 2 nitrogen and oxygen atoms in total. The zero-order chi connectivity index (χ0) is 9.14. The van der Waals surface area contributed by atoms with E-state index in [1.165, 1.54) is 12.1 Å². The molecule has 0 aliphatic rings. The SMILES string of the molecule is N#Cc1ccc(Cl)c(Cl)c1C#N.[Pd]. The fraction of sp³-hybridized carbons (Fsp3) is 0. The predicted octanol–water partition coefficient (Wildman–Crippen LogP) is 2.73. The number of halogens is 2. The maximum atomic E-state index is 8.61. The van der Waals surface area contributed by atoms with E-state index in [1.807, 2.05) is 12.1 Å². The van der Waals surface area contributed by atoms with Crippen LogP contribution in [0.5, 0.6) is 0 Å². The third-order valence-corrected chi connectivity index (χ3v) is 2.13. The molecule has 13 heavy (non-hydrogen) atoms. The predicted molar refractivity (Wildman–Crippen MR) is 45.9 cm³/mol. The van der Waals surface area contributed by atoms with Crippen molar-refractivity contribution in [2.45, 2.75) is 0 Å². The topological polar surface area (TPSA) is 47.6 Å². The van der Waals surface area contributed by atoms with E-state index in [-0.39, 0.29) is 41.6 Å². The summed E-state index contributed by atoms with van der Waals surface area (Å²) < 4.78 is 0. The third-order valence-electron chi connectivity index (χ3n) is 1.33. The van der Waals surface area contributed by atoms with Crippen molar-refractivity contribution in [3.8, 4) is 12.1 Å². The van der Waals surface area contributed by atoms with Crippen LogP contribution < -0.4 is 0 Å². The van der Waals surface area contributed by atoms with Gasteiger partial charge in [-0.3, -0.25) is 0 Å². The monoisotopic (exact) mass is 302 g/mol. The number of hydrogen-bond acceptors (Lipinski definition) is 2. The molecular formula is C8H2Cl2N2Pd. The minimum Gasteiger partial charge on any atom is -0.192 e. The standard InChI is InChI=1S/C8H2Cl2N2.Pd/c9-7-2-1-5(3-11)6(4-12)8(7)10;/h1-2H;. The van der Waals surface area contributed by atoms with E-state index in [1.54, 1.807) is 0 Å². The van der Waals surface area contributed by atoms with Crippen molar-refractivity contribution in [1.29, 1.82) is 10.5 Å². The van der Waals surface area contributed by atoms with Crippen LogP contribution in [0.3, 0.4) is 0 Å². The molecule has 0 heterocycles. The molecule has 0 saturated heterocycles. The Labute approximate surface area is 99.3 Å². The molecule has 0 saturated carbocycles. The Hall–Kier alpha value is -0.558. The average molecular weight is 303 g/mol. The van der Waals surface area contributed by atoms with E-state index in [4.69, 9.17) is 33.7 Å². The van der Waals surface area contributed by atoms with Gasteiger partial charge in [-0.25, -0.2) is 0 Å². The first-order chi connectivity index (χ1) is 5.70. The van der Waals surface area contributed by atoms with Gasteiger partial charge < -0.3 is 0 Å². The molecule has 1 aromatic rings. The van der Waals surface area contributed by atoms with Crippen molar-refractivity contribution in [1.82, 2.24) is 0 Å². The Morgan fingerprint density at radius 2 is 1.69 bits per heavy atom. The van der Waals surface area contributed by atoms with Crippen LogP contribution in [0.15, 0.2) is 12.1 Å². The van der Waals surface area contributed by atoms with Gasteiger partial charge in [0.05, 0.1) is 21.2 Å². The molecule has 0 spiro atoms. The molecule has 0 unspecified atom stereocenters. The number of hydrogen-bond donors (Lipinski definition) is 0. The molecule has 0 bridgehead atoms. The smallest absolute Gasteiger partial charge is 0.102 e. The van der Waals surface area contributed by atoms with Gasteiger partial charge >= 0.3 is 0 Å². The van der Waals surface area contributed by atoms with E-state index in [0.29, 0.717) is 0 Å². The summed E-state index contributed by atoms with van der Waals surface area (Å²) >= 11 is 11.3. The van der Waals surface area contributed by atoms with E-state index in [9.17, 15) is 0 Å². The van der Waals surface area contributed by atoms with E-state index >= 15 is 0 Å². The number of nitrogens with zero attached hydrogens (tertiary/aromatic N) is 2. The molecule has 68 valence electrons. The van der Waals surface area contributed by atoms with E-state index in [2.05, 4.69) is 0 Å². The van der Waals surface area contributed by atoms with Crippen LogP contribution in [0, 0.1) is 22.7 Å². The van der Waals surface area contributed by atoms with Crippen LogP contribution in [0.1, 0.15) is 11.1 Å². The van der Waals surface area contributed by atoms with Gasteiger partial charge in [0.25, 0.3) is 0 Å². The first kappa shape index (κ1) is 12.4. The molecular weight excluding hydrogens is 301 g/mol. The fourth-order valence-corrected chi connectivity index (χ4v) is 1.12. The minimum atomic E-state index is 0. The van der Waals surface area contributed by atoms with Gasteiger partial charge in [0.1, 0.15) is 12.1 Å². The largest absolute Gasteiger partial charge is 0.192 e. The van der Waals surface area contributed by atoms with E-state index < -0.39 is 0 Å². The quantitative estimate of drug-likeness (QED) is 0.692. The first-order valence-corrected chi connectivity index (χ1v) is 3.74. The average Bonchev–Trinajstić information content (AvgIpc) is 2.09. The van der Waals surface area contributed by atoms with Gasteiger partial charge in [-0.05, 0) is 12.1 Å². The van der Waals surface area contributed by atoms with Crippen molar-refractivity contribution in [2.75, 3.05) is 0 Å². The van der Waals surface area contributed by atoms with Crippen molar-refractivity contribution >= 4 is 23.2 Å². The molecule has 0 N–H and O–H groups in total. The molecule has 1 aromatic carbocycles. The van der Waals surface area contributed by atoms with Gasteiger partial charge in [0.15, 0.2) is 0 Å². The molecule has 5 heteroatoms. The van der Waals surface area contributed by atoms with Gasteiger partial charge in [0.2, 0.25) is 0 Å². The summed E-state index contributed by atoms with van der Waals surface area (Å²) in [4.78, 5) is 0. The maximum absolute atomic E-state index is 8.61. The molecule has 0 radical (unpaired) electrons. The Bertz CT molecular complexity index is 404. The molecule has 0 atom stereocenters. The van der Waals surface area contributed by atoms with Crippen LogP contribution in [-0.2, 0) is 20.4 Å². The minimum absolute atomic E-state index is 0. The Morgan fingerprint density at radius 3 is 2.15 bits per heavy atom. The van der Waals surface area contributed by atoms with Crippen LogP contribution in [0.25, 0.3) is 0 Å². The normalized spacial score (nSPS) is 8.00. The van der Waals surface area contributed by atoms with Crippen LogP contribution in [-0.4, -0.2) is 0 Å². The zero-order valence-electron chi connectivity index (χ0n) is 6.12. The summed E-state index contributed by atoms with van der Waals surface area (Å²) in [5, 5.41) is 17.6. The van der Waals surface area contributed by atoms with Crippen molar-refractivity contribution < 1.29 is 20.4 Å². The maximum Gasteiger partial charge on any atom is 0.102 e. The number of benzene rings is 1. The molecule has 0 aromatic heterocycles. The zero-order valence-corrected chi connectivity index (χ0v) is 9.19. The van der Waals surface area contributed by atoms with Gasteiger partial charge in [-0.2, -0.15) is 10.5 Å². The van der Waals surface area contributed by atoms with Gasteiger partial charge in [-0.1, -0.05) is 23.2 Å². The summed E-state index contributed by atoms with van der Waals surface area (Å²) in [7, 11) is 0. The fourth-order valence-electron chi connectivity index (χ4n) is 0.753. The van der Waals surface area contributed by atoms with Crippen LogP contribution in [0.2, 0.25) is 10.0 Å². The van der Waals surface area contributed by atoms with Crippen LogP contribution in [0.4, 0.5) is 0 Å². The molecule has 0 fully saturated rings. The van der Waals surface area contributed by atoms with Crippen molar-refractivity contribution in [3.05, 3.63) is 33.3 Å². The van der Waals surface area contributed by atoms with Crippen molar-refractivity contribution in [2.24, 2.45) is 0 Å². The Kier molecular flexibility index (Phi) is 5.01. The number of nitriles is 2.